The molecule has 2 heterocycles. The van der Waals surface area contributed by atoms with Gasteiger partial charge in [0.2, 0.25) is 0 Å². The van der Waals surface area contributed by atoms with Gasteiger partial charge in [0.1, 0.15) is 17.3 Å². The molecule has 3 aromatic rings. The van der Waals surface area contributed by atoms with Crippen molar-refractivity contribution in [3.8, 4) is 11.5 Å². The van der Waals surface area contributed by atoms with E-state index in [9.17, 15) is 4.79 Å². The predicted molar refractivity (Wildman–Crippen MR) is 150 cm³/mol. The maximum absolute atomic E-state index is 13.1. The van der Waals surface area contributed by atoms with E-state index < -0.39 is 0 Å². The van der Waals surface area contributed by atoms with Gasteiger partial charge in [-0.15, -0.1) is 0 Å². The van der Waals surface area contributed by atoms with Crippen LogP contribution >= 0.6 is 0 Å². The average molecular weight is 505 g/mol. The third-order valence-electron chi connectivity index (χ3n) is 6.62. The number of nitrogens with one attached hydrogen (secondary N) is 2. The number of nitrogens with zero attached hydrogens (tertiary/aromatic N) is 4. The first-order chi connectivity index (χ1) is 17.9. The molecule has 0 atom stereocenters. The second kappa shape index (κ2) is 11.8. The summed E-state index contributed by atoms with van der Waals surface area (Å²) in [5.41, 5.74) is 4.49. The number of aromatic nitrogens is 1. The number of hydrogen-bond donors (Lipinski definition) is 2. The SMILES string of the molecule is CCc1cnc(Nc2ccc(N3CCN(C)CC3)cc2)cc1N(C)C(=O)Nc1cc(OC)cc(OC)c1. The summed E-state index contributed by atoms with van der Waals surface area (Å²) in [6, 6.07) is 15.3. The Morgan fingerprint density at radius 3 is 2.22 bits per heavy atom. The Balaban J connectivity index is 1.48. The van der Waals surface area contributed by atoms with Gasteiger partial charge in [-0.25, -0.2) is 9.78 Å². The summed E-state index contributed by atoms with van der Waals surface area (Å²) in [5, 5.41) is 6.31. The first kappa shape index (κ1) is 26.1. The largest absolute Gasteiger partial charge is 0.497 e. The summed E-state index contributed by atoms with van der Waals surface area (Å²) in [4.78, 5) is 24.1. The standard InChI is InChI=1S/C28H36N6O3/c1-6-20-19-29-27(30-21-7-9-23(10-8-21)34-13-11-32(2)12-14-34)18-26(20)33(3)28(35)31-22-15-24(36-4)17-25(16-22)37-5/h7-10,15-19H,6,11-14H2,1-5H3,(H,29,30)(H,31,35). The molecule has 0 bridgehead atoms. The highest BCUT2D eigenvalue weighted by molar-refractivity contribution is 6.02. The fraction of sp³-hybridized carbons (Fsp3) is 0.357. The minimum atomic E-state index is -0.279. The van der Waals surface area contributed by atoms with Gasteiger partial charge in [0.15, 0.2) is 0 Å². The molecule has 0 spiro atoms. The molecule has 0 aliphatic carbocycles. The summed E-state index contributed by atoms with van der Waals surface area (Å²) in [5.74, 6) is 1.86. The molecule has 196 valence electrons. The number of benzene rings is 2. The van der Waals surface area contributed by atoms with Crippen LogP contribution < -0.4 is 29.9 Å². The van der Waals surface area contributed by atoms with E-state index in [-0.39, 0.29) is 6.03 Å². The molecule has 1 saturated heterocycles. The Kier molecular flexibility index (Phi) is 8.35. The third kappa shape index (κ3) is 6.42. The quantitative estimate of drug-likeness (QED) is 0.455. The zero-order chi connectivity index (χ0) is 26.4. The highest BCUT2D eigenvalue weighted by Crippen LogP contribution is 2.29. The van der Waals surface area contributed by atoms with Crippen LogP contribution in [0.5, 0.6) is 11.5 Å². The Morgan fingerprint density at radius 2 is 1.62 bits per heavy atom. The second-order valence-corrected chi connectivity index (χ2v) is 9.10. The number of methoxy groups -OCH3 is 2. The van der Waals surface area contributed by atoms with Crippen LogP contribution in [0.4, 0.5) is 33.4 Å². The van der Waals surface area contributed by atoms with E-state index in [1.54, 1.807) is 44.4 Å². The predicted octanol–water partition coefficient (Wildman–Crippen LogP) is 4.82. The number of urea groups is 1. The second-order valence-electron chi connectivity index (χ2n) is 9.10. The molecule has 2 aromatic carbocycles. The Bertz CT molecular complexity index is 1190. The van der Waals surface area contributed by atoms with E-state index in [2.05, 4.69) is 56.7 Å². The molecule has 1 aliphatic heterocycles. The first-order valence-electron chi connectivity index (χ1n) is 12.5. The Morgan fingerprint density at radius 1 is 0.973 bits per heavy atom. The van der Waals surface area contributed by atoms with Gasteiger partial charge in [0.25, 0.3) is 0 Å². The van der Waals surface area contributed by atoms with Crippen molar-refractivity contribution in [3.63, 3.8) is 0 Å². The summed E-state index contributed by atoms with van der Waals surface area (Å²) in [6.45, 7) is 6.25. The zero-order valence-corrected chi connectivity index (χ0v) is 22.2. The number of carbonyl (C=O) groups excluding carboxylic acids is 1. The first-order valence-corrected chi connectivity index (χ1v) is 12.5. The zero-order valence-electron chi connectivity index (χ0n) is 22.2. The van der Waals surface area contributed by atoms with E-state index in [1.807, 2.05) is 19.2 Å². The van der Waals surface area contributed by atoms with Crippen molar-refractivity contribution in [2.75, 3.05) is 74.9 Å². The topological polar surface area (TPSA) is 82.2 Å². The number of carbonyl (C=O) groups is 1. The lowest BCUT2D eigenvalue weighted by molar-refractivity contribution is 0.258. The van der Waals surface area contributed by atoms with Crippen molar-refractivity contribution in [2.24, 2.45) is 0 Å². The Hall–Kier alpha value is -3.98. The summed E-state index contributed by atoms with van der Waals surface area (Å²) < 4.78 is 10.6. The van der Waals surface area contributed by atoms with Crippen molar-refractivity contribution < 1.29 is 14.3 Å². The summed E-state index contributed by atoms with van der Waals surface area (Å²) in [6.07, 6.45) is 2.56. The highest BCUT2D eigenvalue weighted by atomic mass is 16.5. The molecular weight excluding hydrogens is 468 g/mol. The lowest BCUT2D eigenvalue weighted by atomic mass is 10.1. The van der Waals surface area contributed by atoms with Gasteiger partial charge in [0.05, 0.1) is 19.9 Å². The number of anilines is 5. The van der Waals surface area contributed by atoms with Crippen LogP contribution in [0, 0.1) is 0 Å². The number of amides is 2. The van der Waals surface area contributed by atoms with Gasteiger partial charge in [0, 0.05) is 80.8 Å². The maximum Gasteiger partial charge on any atom is 0.326 e. The van der Waals surface area contributed by atoms with Gasteiger partial charge in [-0.2, -0.15) is 0 Å². The number of pyridine rings is 1. The van der Waals surface area contributed by atoms with Crippen molar-refractivity contribution >= 4 is 34.6 Å². The van der Waals surface area contributed by atoms with Crippen LogP contribution in [-0.4, -0.2) is 70.4 Å². The van der Waals surface area contributed by atoms with E-state index in [0.29, 0.717) is 23.0 Å². The van der Waals surface area contributed by atoms with Crippen LogP contribution in [0.25, 0.3) is 0 Å². The van der Waals surface area contributed by atoms with Crippen molar-refractivity contribution in [1.82, 2.24) is 9.88 Å². The monoisotopic (exact) mass is 504 g/mol. The fourth-order valence-electron chi connectivity index (χ4n) is 4.29. The lowest BCUT2D eigenvalue weighted by Crippen LogP contribution is -2.44. The molecule has 2 N–H and O–H groups in total. The molecule has 1 aliphatic rings. The van der Waals surface area contributed by atoms with Crippen molar-refractivity contribution in [2.45, 2.75) is 13.3 Å². The van der Waals surface area contributed by atoms with Crippen LogP contribution in [0.1, 0.15) is 12.5 Å². The average Bonchev–Trinajstić information content (AvgIpc) is 2.93. The molecule has 9 heteroatoms. The van der Waals surface area contributed by atoms with E-state index >= 15 is 0 Å². The number of rotatable bonds is 8. The third-order valence-corrected chi connectivity index (χ3v) is 6.62. The molecule has 1 aromatic heterocycles. The highest BCUT2D eigenvalue weighted by Gasteiger charge is 2.17. The number of piperazine rings is 1. The number of aryl methyl sites for hydroxylation is 1. The normalized spacial score (nSPS) is 13.7. The smallest absolute Gasteiger partial charge is 0.326 e. The van der Waals surface area contributed by atoms with E-state index in [0.717, 1.165) is 49.5 Å². The minimum absolute atomic E-state index is 0.279. The van der Waals surface area contributed by atoms with Gasteiger partial charge in [-0.3, -0.25) is 4.90 Å². The van der Waals surface area contributed by atoms with Crippen LogP contribution in [0.2, 0.25) is 0 Å². The maximum atomic E-state index is 13.1. The van der Waals surface area contributed by atoms with Gasteiger partial charge in [-0.05, 0) is 43.3 Å². The molecule has 1 fully saturated rings. The fourth-order valence-corrected chi connectivity index (χ4v) is 4.29. The molecule has 0 unspecified atom stereocenters. The molecular formula is C28H36N6O3. The summed E-state index contributed by atoms with van der Waals surface area (Å²) in [7, 11) is 7.05. The lowest BCUT2D eigenvalue weighted by Gasteiger charge is -2.34. The van der Waals surface area contributed by atoms with E-state index in [4.69, 9.17) is 9.47 Å². The Labute approximate surface area is 219 Å². The molecule has 0 radical (unpaired) electrons. The van der Waals surface area contributed by atoms with Crippen molar-refractivity contribution in [3.05, 3.63) is 60.3 Å². The molecule has 2 amide bonds. The van der Waals surface area contributed by atoms with Crippen LogP contribution in [-0.2, 0) is 6.42 Å². The van der Waals surface area contributed by atoms with Crippen molar-refractivity contribution in [1.29, 1.82) is 0 Å². The number of hydrogen-bond acceptors (Lipinski definition) is 7. The molecule has 4 rings (SSSR count). The van der Waals surface area contributed by atoms with Gasteiger partial charge in [-0.1, -0.05) is 6.92 Å². The molecule has 0 saturated carbocycles. The number of ether oxygens (including phenoxy) is 2. The number of likely N-dealkylation sites (N-methyl/N-ethyl adjacent to an activating group) is 1. The van der Waals surface area contributed by atoms with E-state index in [1.165, 1.54) is 5.69 Å². The molecule has 37 heavy (non-hydrogen) atoms. The van der Waals surface area contributed by atoms with Crippen LogP contribution in [0.3, 0.4) is 0 Å². The van der Waals surface area contributed by atoms with Gasteiger partial charge < -0.3 is 29.9 Å². The van der Waals surface area contributed by atoms with Gasteiger partial charge >= 0.3 is 6.03 Å². The molecule has 9 nitrogen and oxygen atoms in total. The summed E-state index contributed by atoms with van der Waals surface area (Å²) >= 11 is 0. The van der Waals surface area contributed by atoms with Crippen LogP contribution in [0.15, 0.2) is 54.7 Å². The minimum Gasteiger partial charge on any atom is -0.497 e.